The standard InChI is InChI=1S/C36H42FN5O3S/c1-24-39-33(23-46-24)35(44)41-30-15-13-29(14-16-30)40-34(43)32-21-28(37)22-38-36(32)45-31-8-4-7-27(20-31)26-11-9-25(10-12-26)6-5-19-42-17-2-3-18-42/h4,7-12,20-22,29-30,33H,2-3,5-6,13-19,23H2,1H3,(H,40,43)(H,41,44). The molecule has 1 saturated heterocycles. The van der Waals surface area contributed by atoms with Gasteiger partial charge in [-0.1, -0.05) is 36.4 Å². The molecule has 0 spiro atoms. The fourth-order valence-corrected chi connectivity index (χ4v) is 7.30. The summed E-state index contributed by atoms with van der Waals surface area (Å²) in [5.41, 5.74) is 3.42. The first-order valence-corrected chi connectivity index (χ1v) is 17.4. The van der Waals surface area contributed by atoms with Crippen molar-refractivity contribution in [1.29, 1.82) is 0 Å². The number of likely N-dealkylation sites (tertiary alicyclic amines) is 1. The third kappa shape index (κ3) is 8.53. The average molecular weight is 644 g/mol. The molecule has 6 rings (SSSR count). The minimum absolute atomic E-state index is 0.0335. The Morgan fingerprint density at radius 3 is 2.43 bits per heavy atom. The van der Waals surface area contributed by atoms with Crippen molar-refractivity contribution in [1.82, 2.24) is 20.5 Å². The van der Waals surface area contributed by atoms with Crippen LogP contribution in [-0.4, -0.2) is 70.3 Å². The number of hydrogen-bond donors (Lipinski definition) is 2. The largest absolute Gasteiger partial charge is 0.438 e. The maximum absolute atomic E-state index is 14.3. The van der Waals surface area contributed by atoms with Gasteiger partial charge in [-0.25, -0.2) is 9.37 Å². The lowest BCUT2D eigenvalue weighted by atomic mass is 9.90. The molecule has 2 amide bonds. The number of aliphatic imine (C=N–C) groups is 1. The van der Waals surface area contributed by atoms with E-state index in [2.05, 4.69) is 49.8 Å². The molecule has 242 valence electrons. The topological polar surface area (TPSA) is 95.9 Å². The van der Waals surface area contributed by atoms with Crippen LogP contribution in [0, 0.1) is 5.82 Å². The van der Waals surface area contributed by atoms with Crippen molar-refractivity contribution in [2.75, 3.05) is 25.4 Å². The van der Waals surface area contributed by atoms with E-state index >= 15 is 0 Å². The highest BCUT2D eigenvalue weighted by molar-refractivity contribution is 8.14. The molecule has 2 fully saturated rings. The summed E-state index contributed by atoms with van der Waals surface area (Å²) >= 11 is 1.61. The van der Waals surface area contributed by atoms with Crippen LogP contribution in [0.2, 0.25) is 0 Å². The van der Waals surface area contributed by atoms with Crippen molar-refractivity contribution < 1.29 is 18.7 Å². The Morgan fingerprint density at radius 2 is 1.72 bits per heavy atom. The molecule has 8 nitrogen and oxygen atoms in total. The lowest BCUT2D eigenvalue weighted by molar-refractivity contribution is -0.122. The Bertz CT molecular complexity index is 1550. The van der Waals surface area contributed by atoms with E-state index in [4.69, 9.17) is 4.74 Å². The number of nitrogens with zero attached hydrogens (tertiary/aromatic N) is 3. The van der Waals surface area contributed by atoms with Crippen molar-refractivity contribution in [2.24, 2.45) is 4.99 Å². The number of carbonyl (C=O) groups excluding carboxylic acids is 2. The number of amides is 2. The number of halogens is 1. The summed E-state index contributed by atoms with van der Waals surface area (Å²) in [5, 5.41) is 7.09. The maximum atomic E-state index is 14.3. The minimum Gasteiger partial charge on any atom is -0.438 e. The fourth-order valence-electron chi connectivity index (χ4n) is 6.47. The Labute approximate surface area is 274 Å². The molecule has 0 radical (unpaired) electrons. The molecule has 1 atom stereocenters. The summed E-state index contributed by atoms with van der Waals surface area (Å²) in [6.45, 7) is 5.55. The molecule has 0 bridgehead atoms. The SMILES string of the molecule is CC1=NC(C(=O)NC2CCC(NC(=O)c3cc(F)cnc3Oc3cccc(-c4ccc(CCCN5CCCC5)cc4)c3)CC2)CS1. The van der Waals surface area contributed by atoms with Gasteiger partial charge < -0.3 is 20.3 Å². The van der Waals surface area contributed by atoms with Crippen LogP contribution in [0.3, 0.4) is 0 Å². The van der Waals surface area contributed by atoms with Crippen molar-refractivity contribution in [2.45, 2.75) is 76.4 Å². The molecule has 10 heteroatoms. The number of pyridine rings is 1. The van der Waals surface area contributed by atoms with Gasteiger partial charge in [-0.05, 0) is 113 Å². The normalized spacial score (nSPS) is 21.5. The van der Waals surface area contributed by atoms with Crippen LogP contribution in [0.1, 0.15) is 67.8 Å². The van der Waals surface area contributed by atoms with E-state index in [9.17, 15) is 14.0 Å². The zero-order chi connectivity index (χ0) is 31.9. The smallest absolute Gasteiger partial charge is 0.257 e. The predicted octanol–water partition coefficient (Wildman–Crippen LogP) is 6.40. The van der Waals surface area contributed by atoms with Crippen LogP contribution in [-0.2, 0) is 11.2 Å². The first-order valence-electron chi connectivity index (χ1n) is 16.4. The first-order chi connectivity index (χ1) is 22.4. The summed E-state index contributed by atoms with van der Waals surface area (Å²) in [5.74, 6) is 0.173. The predicted molar refractivity (Wildman–Crippen MR) is 181 cm³/mol. The molecule has 1 unspecified atom stereocenters. The van der Waals surface area contributed by atoms with Gasteiger partial charge in [0.25, 0.3) is 5.91 Å². The van der Waals surface area contributed by atoms with Crippen LogP contribution >= 0.6 is 11.8 Å². The van der Waals surface area contributed by atoms with Crippen LogP contribution in [0.5, 0.6) is 11.6 Å². The van der Waals surface area contributed by atoms with E-state index in [1.54, 1.807) is 17.8 Å². The minimum atomic E-state index is -0.610. The second-order valence-electron chi connectivity index (χ2n) is 12.5. The highest BCUT2D eigenvalue weighted by atomic mass is 32.2. The van der Waals surface area contributed by atoms with Gasteiger partial charge in [-0.3, -0.25) is 14.6 Å². The van der Waals surface area contributed by atoms with Crippen molar-refractivity contribution in [3.8, 4) is 22.8 Å². The van der Waals surface area contributed by atoms with Gasteiger partial charge in [-0.15, -0.1) is 11.8 Å². The second-order valence-corrected chi connectivity index (χ2v) is 13.7. The Morgan fingerprint density at radius 1 is 0.978 bits per heavy atom. The second kappa shape index (κ2) is 15.2. The number of carbonyl (C=O) groups is 2. The Kier molecular flexibility index (Phi) is 10.7. The summed E-state index contributed by atoms with van der Waals surface area (Å²) in [6, 6.07) is 17.0. The molecular weight excluding hydrogens is 601 g/mol. The fraction of sp³-hybridized carbons (Fsp3) is 0.444. The molecule has 2 aliphatic heterocycles. The summed E-state index contributed by atoms with van der Waals surface area (Å²) in [7, 11) is 0. The summed E-state index contributed by atoms with van der Waals surface area (Å²) in [6.07, 6.45) is 8.83. The molecule has 2 N–H and O–H groups in total. The number of nitrogens with one attached hydrogen (secondary N) is 2. The van der Waals surface area contributed by atoms with Crippen molar-refractivity contribution in [3.05, 3.63) is 77.7 Å². The highest BCUT2D eigenvalue weighted by Gasteiger charge is 2.29. The molecule has 1 aliphatic carbocycles. The number of aryl methyl sites for hydroxylation is 1. The molecule has 2 aromatic carbocycles. The van der Waals surface area contributed by atoms with E-state index in [-0.39, 0.29) is 35.5 Å². The monoisotopic (exact) mass is 643 g/mol. The Hall–Kier alpha value is -3.76. The van der Waals surface area contributed by atoms with Gasteiger partial charge in [0.05, 0.1) is 11.2 Å². The van der Waals surface area contributed by atoms with Gasteiger partial charge in [0.2, 0.25) is 11.8 Å². The molecule has 3 aliphatic rings. The zero-order valence-electron chi connectivity index (χ0n) is 26.3. The van der Waals surface area contributed by atoms with Crippen LogP contribution in [0.4, 0.5) is 4.39 Å². The zero-order valence-corrected chi connectivity index (χ0v) is 27.2. The summed E-state index contributed by atoms with van der Waals surface area (Å²) in [4.78, 5) is 36.9. The van der Waals surface area contributed by atoms with Crippen LogP contribution < -0.4 is 15.4 Å². The quantitative estimate of drug-likeness (QED) is 0.251. The Balaban J connectivity index is 1.03. The van der Waals surface area contributed by atoms with Crippen LogP contribution in [0.25, 0.3) is 11.1 Å². The number of ether oxygens (including phenoxy) is 1. The maximum Gasteiger partial charge on any atom is 0.257 e. The van der Waals surface area contributed by atoms with Crippen LogP contribution in [0.15, 0.2) is 65.8 Å². The number of aromatic nitrogens is 1. The van der Waals surface area contributed by atoms with Crippen molar-refractivity contribution >= 4 is 28.6 Å². The highest BCUT2D eigenvalue weighted by Crippen LogP contribution is 2.30. The van der Waals surface area contributed by atoms with E-state index in [1.807, 2.05) is 25.1 Å². The molecule has 1 aromatic heterocycles. The average Bonchev–Trinajstić information content (AvgIpc) is 3.75. The summed E-state index contributed by atoms with van der Waals surface area (Å²) < 4.78 is 20.3. The third-order valence-electron chi connectivity index (χ3n) is 9.04. The molecule has 3 aromatic rings. The van der Waals surface area contributed by atoms with Gasteiger partial charge in [-0.2, -0.15) is 0 Å². The first kappa shape index (κ1) is 32.2. The van der Waals surface area contributed by atoms with E-state index < -0.39 is 11.7 Å². The molecule has 46 heavy (non-hydrogen) atoms. The van der Waals surface area contributed by atoms with Crippen molar-refractivity contribution in [3.63, 3.8) is 0 Å². The lowest BCUT2D eigenvalue weighted by Crippen LogP contribution is -2.46. The third-order valence-corrected chi connectivity index (χ3v) is 10.0. The number of thioether (sulfide) groups is 1. The number of benzene rings is 2. The lowest BCUT2D eigenvalue weighted by Gasteiger charge is -2.30. The van der Waals surface area contributed by atoms with Gasteiger partial charge in [0.15, 0.2) is 0 Å². The number of hydrogen-bond acceptors (Lipinski definition) is 7. The molecule has 1 saturated carbocycles. The number of rotatable bonds is 11. The van der Waals surface area contributed by atoms with Gasteiger partial charge in [0.1, 0.15) is 23.2 Å². The molecule has 3 heterocycles. The van der Waals surface area contributed by atoms with E-state index in [0.29, 0.717) is 24.3 Å². The van der Waals surface area contributed by atoms with Gasteiger partial charge in [0, 0.05) is 17.8 Å². The van der Waals surface area contributed by atoms with Gasteiger partial charge >= 0.3 is 0 Å². The molecular formula is C36H42FN5O3S. The van der Waals surface area contributed by atoms with E-state index in [0.717, 1.165) is 60.7 Å². The van der Waals surface area contributed by atoms with E-state index in [1.165, 1.54) is 31.5 Å².